The number of aryl methyl sites for hydroxylation is 2. The number of nitrogens with one attached hydrogen (secondary N) is 1. The Labute approximate surface area is 179 Å². The fourth-order valence-electron chi connectivity index (χ4n) is 3.23. The van der Waals surface area contributed by atoms with E-state index in [1.807, 2.05) is 37.3 Å². The number of benzene rings is 2. The number of amides is 1. The standard InChI is InChI=1S/C23H23N5OS/c1-15-9-10-18(11-16(15)2)17(3)27-21(29)13-30-23-20-12-26-28(22(20)24-14-25-23)19-7-5-4-6-8-19/h4-12,14,17H,13H2,1-3H3,(H,27,29). The predicted octanol–water partition coefficient (Wildman–Crippen LogP) is 4.40. The highest BCUT2D eigenvalue weighted by atomic mass is 32.2. The molecule has 2 heterocycles. The van der Waals surface area contributed by atoms with Crippen LogP contribution in [0.1, 0.15) is 29.7 Å². The molecule has 1 amide bonds. The Bertz CT molecular complexity index is 1190. The van der Waals surface area contributed by atoms with Crippen LogP contribution in [0.5, 0.6) is 0 Å². The summed E-state index contributed by atoms with van der Waals surface area (Å²) in [6.07, 6.45) is 3.27. The van der Waals surface area contributed by atoms with Crippen LogP contribution >= 0.6 is 11.8 Å². The van der Waals surface area contributed by atoms with E-state index < -0.39 is 0 Å². The van der Waals surface area contributed by atoms with Crippen molar-refractivity contribution >= 4 is 28.7 Å². The van der Waals surface area contributed by atoms with Gasteiger partial charge in [-0.2, -0.15) is 5.10 Å². The van der Waals surface area contributed by atoms with Gasteiger partial charge in [0.05, 0.1) is 29.1 Å². The van der Waals surface area contributed by atoms with Gasteiger partial charge in [-0.3, -0.25) is 4.79 Å². The second kappa shape index (κ2) is 8.67. The summed E-state index contributed by atoms with van der Waals surface area (Å²) in [7, 11) is 0. The number of carbonyl (C=O) groups excluding carboxylic acids is 1. The van der Waals surface area contributed by atoms with Crippen molar-refractivity contribution in [1.82, 2.24) is 25.1 Å². The first-order chi connectivity index (χ1) is 14.5. The number of rotatable bonds is 6. The molecule has 1 unspecified atom stereocenters. The lowest BCUT2D eigenvalue weighted by atomic mass is 10.0. The van der Waals surface area contributed by atoms with E-state index in [4.69, 9.17) is 0 Å². The van der Waals surface area contributed by atoms with Crippen molar-refractivity contribution in [3.05, 3.63) is 77.7 Å². The van der Waals surface area contributed by atoms with Crippen LogP contribution in [0.15, 0.2) is 66.1 Å². The molecule has 0 fully saturated rings. The van der Waals surface area contributed by atoms with E-state index in [1.54, 1.807) is 10.9 Å². The third-order valence-corrected chi connectivity index (χ3v) is 6.08. The second-order valence-corrected chi connectivity index (χ2v) is 8.19. The molecule has 0 saturated carbocycles. The smallest absolute Gasteiger partial charge is 0.230 e. The summed E-state index contributed by atoms with van der Waals surface area (Å²) < 4.78 is 1.78. The molecule has 0 spiro atoms. The summed E-state index contributed by atoms with van der Waals surface area (Å²) >= 11 is 1.39. The van der Waals surface area contributed by atoms with Crippen LogP contribution in [-0.4, -0.2) is 31.4 Å². The van der Waals surface area contributed by atoms with Gasteiger partial charge in [0, 0.05) is 0 Å². The number of para-hydroxylation sites is 1. The van der Waals surface area contributed by atoms with Crippen LogP contribution in [0.2, 0.25) is 0 Å². The Kier molecular flexibility index (Phi) is 5.81. The van der Waals surface area contributed by atoms with Gasteiger partial charge < -0.3 is 5.32 Å². The molecular formula is C23H23N5OS. The molecule has 1 N–H and O–H groups in total. The van der Waals surface area contributed by atoms with E-state index in [1.165, 1.54) is 29.2 Å². The molecule has 30 heavy (non-hydrogen) atoms. The monoisotopic (exact) mass is 417 g/mol. The van der Waals surface area contributed by atoms with E-state index in [0.29, 0.717) is 0 Å². The van der Waals surface area contributed by atoms with Crippen LogP contribution in [0.25, 0.3) is 16.7 Å². The van der Waals surface area contributed by atoms with Crippen molar-refractivity contribution in [2.24, 2.45) is 0 Å². The normalized spacial score (nSPS) is 12.1. The first kappa shape index (κ1) is 20.1. The zero-order chi connectivity index (χ0) is 21.1. The summed E-state index contributed by atoms with van der Waals surface area (Å²) in [5.74, 6) is 0.241. The van der Waals surface area contributed by atoms with Crippen molar-refractivity contribution in [2.75, 3.05) is 5.75 Å². The van der Waals surface area contributed by atoms with E-state index in [2.05, 4.69) is 52.4 Å². The molecule has 7 heteroatoms. The molecule has 2 aromatic carbocycles. The number of fused-ring (bicyclic) bond motifs is 1. The second-order valence-electron chi connectivity index (χ2n) is 7.23. The number of aromatic nitrogens is 4. The highest BCUT2D eigenvalue weighted by Crippen LogP contribution is 2.26. The minimum absolute atomic E-state index is 0.0343. The van der Waals surface area contributed by atoms with Gasteiger partial charge in [-0.05, 0) is 49.6 Å². The van der Waals surface area contributed by atoms with Gasteiger partial charge >= 0.3 is 0 Å². The average Bonchev–Trinajstić information content (AvgIpc) is 3.19. The van der Waals surface area contributed by atoms with Gasteiger partial charge in [0.2, 0.25) is 5.91 Å². The molecule has 0 aliphatic rings. The number of hydrogen-bond acceptors (Lipinski definition) is 5. The summed E-state index contributed by atoms with van der Waals surface area (Å²) in [4.78, 5) is 21.3. The molecule has 4 rings (SSSR count). The van der Waals surface area contributed by atoms with Gasteiger partial charge in [0.25, 0.3) is 0 Å². The molecule has 0 bridgehead atoms. The maximum Gasteiger partial charge on any atom is 0.230 e. The van der Waals surface area contributed by atoms with Crippen LogP contribution in [0.4, 0.5) is 0 Å². The van der Waals surface area contributed by atoms with Crippen molar-refractivity contribution in [3.63, 3.8) is 0 Å². The third-order valence-electron chi connectivity index (χ3n) is 5.08. The lowest BCUT2D eigenvalue weighted by molar-refractivity contribution is -0.119. The molecule has 6 nitrogen and oxygen atoms in total. The Hall–Kier alpha value is -3.19. The van der Waals surface area contributed by atoms with Crippen LogP contribution in [-0.2, 0) is 4.79 Å². The Balaban J connectivity index is 1.45. The first-order valence-electron chi connectivity index (χ1n) is 9.76. The third kappa shape index (κ3) is 4.21. The van der Waals surface area contributed by atoms with Crippen molar-refractivity contribution in [1.29, 1.82) is 0 Å². The Morgan fingerprint density at radius 2 is 1.90 bits per heavy atom. The van der Waals surface area contributed by atoms with Gasteiger partial charge in [-0.25, -0.2) is 14.6 Å². The summed E-state index contributed by atoms with van der Waals surface area (Å²) in [6.45, 7) is 6.17. The maximum absolute atomic E-state index is 12.5. The zero-order valence-electron chi connectivity index (χ0n) is 17.2. The van der Waals surface area contributed by atoms with Gasteiger partial charge in [0.1, 0.15) is 11.4 Å². The quantitative estimate of drug-likeness (QED) is 0.372. The summed E-state index contributed by atoms with van der Waals surface area (Å²) in [6, 6.07) is 16.1. The number of nitrogens with zero attached hydrogens (tertiary/aromatic N) is 4. The molecule has 0 radical (unpaired) electrons. The fourth-order valence-corrected chi connectivity index (χ4v) is 4.00. The number of hydrogen-bond donors (Lipinski definition) is 1. The molecule has 0 aliphatic carbocycles. The van der Waals surface area contributed by atoms with Crippen LogP contribution < -0.4 is 5.32 Å². The van der Waals surface area contributed by atoms with Crippen molar-refractivity contribution in [2.45, 2.75) is 31.8 Å². The zero-order valence-corrected chi connectivity index (χ0v) is 18.0. The largest absolute Gasteiger partial charge is 0.349 e. The number of thioether (sulfide) groups is 1. The predicted molar refractivity (Wildman–Crippen MR) is 120 cm³/mol. The minimum atomic E-state index is -0.0522. The highest BCUT2D eigenvalue weighted by Gasteiger charge is 2.15. The Morgan fingerprint density at radius 1 is 1.10 bits per heavy atom. The average molecular weight is 418 g/mol. The minimum Gasteiger partial charge on any atom is -0.349 e. The van der Waals surface area contributed by atoms with Crippen molar-refractivity contribution < 1.29 is 4.79 Å². The van der Waals surface area contributed by atoms with E-state index in [0.717, 1.165) is 27.3 Å². The molecule has 0 aliphatic heterocycles. The van der Waals surface area contributed by atoms with Crippen molar-refractivity contribution in [3.8, 4) is 5.69 Å². The lowest BCUT2D eigenvalue weighted by Crippen LogP contribution is -2.28. The topological polar surface area (TPSA) is 72.7 Å². The highest BCUT2D eigenvalue weighted by molar-refractivity contribution is 8.00. The molecule has 2 aromatic heterocycles. The van der Waals surface area contributed by atoms with E-state index in [-0.39, 0.29) is 17.7 Å². The molecule has 152 valence electrons. The SMILES string of the molecule is Cc1ccc(C(C)NC(=O)CSc2ncnc3c2cnn3-c2ccccc2)cc1C. The summed E-state index contributed by atoms with van der Waals surface area (Å²) in [5, 5.41) is 9.11. The molecule has 1 atom stereocenters. The van der Waals surface area contributed by atoms with Gasteiger partial charge in [0.15, 0.2) is 5.65 Å². The van der Waals surface area contributed by atoms with E-state index in [9.17, 15) is 4.79 Å². The maximum atomic E-state index is 12.5. The Morgan fingerprint density at radius 3 is 2.67 bits per heavy atom. The molecular weight excluding hydrogens is 394 g/mol. The summed E-state index contributed by atoms with van der Waals surface area (Å²) in [5.41, 5.74) is 5.23. The van der Waals surface area contributed by atoms with Gasteiger partial charge in [-0.15, -0.1) is 0 Å². The molecule has 0 saturated heterocycles. The van der Waals surface area contributed by atoms with E-state index >= 15 is 0 Å². The molecule has 4 aromatic rings. The number of carbonyl (C=O) groups is 1. The van der Waals surface area contributed by atoms with Crippen LogP contribution in [0, 0.1) is 13.8 Å². The fraction of sp³-hybridized carbons (Fsp3) is 0.217. The lowest BCUT2D eigenvalue weighted by Gasteiger charge is -2.15. The first-order valence-corrected chi connectivity index (χ1v) is 10.7. The van der Waals surface area contributed by atoms with Gasteiger partial charge in [-0.1, -0.05) is 48.2 Å². The van der Waals surface area contributed by atoms with Crippen LogP contribution in [0.3, 0.4) is 0 Å².